The van der Waals surface area contributed by atoms with Crippen LogP contribution in [0.25, 0.3) is 0 Å². The first-order valence-corrected chi connectivity index (χ1v) is 7.15. The summed E-state index contributed by atoms with van der Waals surface area (Å²) in [5.74, 6) is 0.373. The summed E-state index contributed by atoms with van der Waals surface area (Å²) in [6.45, 7) is 4.14. The fourth-order valence-electron chi connectivity index (χ4n) is 2.24. The van der Waals surface area contributed by atoms with E-state index in [9.17, 15) is 0 Å². The molecule has 0 amide bonds. The second-order valence-corrected chi connectivity index (χ2v) is 5.17. The first kappa shape index (κ1) is 14.2. The maximum absolute atomic E-state index is 6.32. The molecule has 0 fully saturated rings. The summed E-state index contributed by atoms with van der Waals surface area (Å²) in [7, 11) is 0. The first-order valence-electron chi connectivity index (χ1n) is 6.77. The van der Waals surface area contributed by atoms with Gasteiger partial charge >= 0.3 is 0 Å². The lowest BCUT2D eigenvalue weighted by Gasteiger charge is -2.18. The summed E-state index contributed by atoms with van der Waals surface area (Å²) in [4.78, 5) is 0. The third-order valence-electron chi connectivity index (χ3n) is 3.22. The number of nitrogens with one attached hydrogen (secondary N) is 1. The van der Waals surface area contributed by atoms with Crippen molar-refractivity contribution in [3.63, 3.8) is 0 Å². The van der Waals surface area contributed by atoms with Crippen molar-refractivity contribution in [2.45, 2.75) is 25.7 Å². The molecular formula is C16H20ClNO. The van der Waals surface area contributed by atoms with Crippen LogP contribution in [-0.2, 0) is 6.42 Å². The van der Waals surface area contributed by atoms with E-state index in [0.717, 1.165) is 31.0 Å². The maximum atomic E-state index is 6.32. The van der Waals surface area contributed by atoms with Gasteiger partial charge in [0.1, 0.15) is 0 Å². The van der Waals surface area contributed by atoms with Crippen molar-refractivity contribution in [1.29, 1.82) is 0 Å². The molecule has 1 unspecified atom stereocenters. The highest BCUT2D eigenvalue weighted by atomic mass is 35.5. The number of hydrogen-bond donors (Lipinski definition) is 1. The molecule has 0 saturated carbocycles. The Hall–Kier alpha value is -1.25. The normalized spacial score (nSPS) is 12.5. The Bertz CT molecular complexity index is 481. The van der Waals surface area contributed by atoms with Crippen LogP contribution in [0.1, 0.15) is 30.4 Å². The SMILES string of the molecule is CCCNCC(Cc1ccoc1)c1ccccc1Cl. The zero-order chi connectivity index (χ0) is 13.5. The van der Waals surface area contributed by atoms with Gasteiger partial charge in [0.15, 0.2) is 0 Å². The van der Waals surface area contributed by atoms with Crippen LogP contribution in [0, 0.1) is 0 Å². The molecule has 102 valence electrons. The third kappa shape index (κ3) is 4.12. The highest BCUT2D eigenvalue weighted by molar-refractivity contribution is 6.31. The maximum Gasteiger partial charge on any atom is 0.0934 e. The van der Waals surface area contributed by atoms with Gasteiger partial charge in [0.05, 0.1) is 12.5 Å². The van der Waals surface area contributed by atoms with Crippen molar-refractivity contribution in [1.82, 2.24) is 5.32 Å². The van der Waals surface area contributed by atoms with Crippen molar-refractivity contribution in [3.05, 3.63) is 59.0 Å². The minimum atomic E-state index is 0.373. The van der Waals surface area contributed by atoms with Crippen LogP contribution < -0.4 is 5.32 Å². The van der Waals surface area contributed by atoms with E-state index in [1.54, 1.807) is 6.26 Å². The standard InChI is InChI=1S/C16H20ClNO/c1-2-8-18-11-14(10-13-7-9-19-12-13)15-5-3-4-6-16(15)17/h3-7,9,12,14,18H,2,8,10-11H2,1H3. The van der Waals surface area contributed by atoms with Gasteiger partial charge in [-0.1, -0.05) is 36.7 Å². The highest BCUT2D eigenvalue weighted by Crippen LogP contribution is 2.27. The van der Waals surface area contributed by atoms with Gasteiger partial charge < -0.3 is 9.73 Å². The molecule has 1 atom stereocenters. The molecule has 2 rings (SSSR count). The van der Waals surface area contributed by atoms with Crippen LogP contribution in [0.5, 0.6) is 0 Å². The van der Waals surface area contributed by atoms with Crippen molar-refractivity contribution < 1.29 is 4.42 Å². The highest BCUT2D eigenvalue weighted by Gasteiger charge is 2.15. The molecule has 0 aliphatic heterocycles. The van der Waals surface area contributed by atoms with Gasteiger partial charge in [-0.3, -0.25) is 0 Å². The van der Waals surface area contributed by atoms with E-state index in [1.807, 2.05) is 30.5 Å². The van der Waals surface area contributed by atoms with Crippen LogP contribution in [0.4, 0.5) is 0 Å². The van der Waals surface area contributed by atoms with Crippen LogP contribution in [0.2, 0.25) is 5.02 Å². The van der Waals surface area contributed by atoms with Gasteiger partial charge in [-0.25, -0.2) is 0 Å². The smallest absolute Gasteiger partial charge is 0.0934 e. The van der Waals surface area contributed by atoms with Gasteiger partial charge in [-0.2, -0.15) is 0 Å². The molecule has 3 heteroatoms. The van der Waals surface area contributed by atoms with Gasteiger partial charge in [0.2, 0.25) is 0 Å². The minimum absolute atomic E-state index is 0.373. The molecule has 0 aliphatic carbocycles. The number of halogens is 1. The molecule has 0 saturated heterocycles. The monoisotopic (exact) mass is 277 g/mol. The average Bonchev–Trinajstić information content (AvgIpc) is 2.91. The van der Waals surface area contributed by atoms with Gasteiger partial charge in [0, 0.05) is 17.5 Å². The van der Waals surface area contributed by atoms with Crippen LogP contribution in [0.15, 0.2) is 47.3 Å². The summed E-state index contributed by atoms with van der Waals surface area (Å²) in [6, 6.07) is 10.1. The van der Waals surface area contributed by atoms with Crippen LogP contribution >= 0.6 is 11.6 Å². The number of benzene rings is 1. The zero-order valence-electron chi connectivity index (χ0n) is 11.2. The summed E-state index contributed by atoms with van der Waals surface area (Å²) in [5.41, 5.74) is 2.41. The molecular weight excluding hydrogens is 258 g/mol. The second kappa shape index (κ2) is 7.37. The minimum Gasteiger partial charge on any atom is -0.472 e. The Morgan fingerprint density at radius 3 is 2.79 bits per heavy atom. The molecule has 0 bridgehead atoms. The molecule has 0 spiro atoms. The van der Waals surface area contributed by atoms with Crippen molar-refractivity contribution >= 4 is 11.6 Å². The van der Waals surface area contributed by atoms with Crippen molar-refractivity contribution in [2.75, 3.05) is 13.1 Å². The molecule has 1 heterocycles. The number of hydrogen-bond acceptors (Lipinski definition) is 2. The molecule has 0 aliphatic rings. The van der Waals surface area contributed by atoms with Crippen molar-refractivity contribution in [2.24, 2.45) is 0 Å². The lowest BCUT2D eigenvalue weighted by molar-refractivity contribution is 0.551. The fourth-order valence-corrected chi connectivity index (χ4v) is 2.53. The van der Waals surface area contributed by atoms with Crippen molar-refractivity contribution in [3.8, 4) is 0 Å². The lowest BCUT2D eigenvalue weighted by Crippen LogP contribution is -2.23. The second-order valence-electron chi connectivity index (χ2n) is 4.76. The molecule has 2 aromatic rings. The largest absolute Gasteiger partial charge is 0.472 e. The Balaban J connectivity index is 2.11. The number of rotatable bonds is 7. The topological polar surface area (TPSA) is 25.2 Å². The molecule has 1 N–H and O–H groups in total. The quantitative estimate of drug-likeness (QED) is 0.765. The first-order chi connectivity index (χ1) is 9.31. The van der Waals surface area contributed by atoms with E-state index in [0.29, 0.717) is 5.92 Å². The van der Waals surface area contributed by atoms with Crippen LogP contribution in [0.3, 0.4) is 0 Å². The van der Waals surface area contributed by atoms with Crippen LogP contribution in [-0.4, -0.2) is 13.1 Å². The predicted octanol–water partition coefficient (Wildman–Crippen LogP) is 4.26. The summed E-state index contributed by atoms with van der Waals surface area (Å²) >= 11 is 6.32. The summed E-state index contributed by atoms with van der Waals surface area (Å²) < 4.78 is 5.15. The zero-order valence-corrected chi connectivity index (χ0v) is 12.0. The molecule has 2 nitrogen and oxygen atoms in total. The van der Waals surface area contributed by atoms with Gasteiger partial charge in [-0.15, -0.1) is 0 Å². The third-order valence-corrected chi connectivity index (χ3v) is 3.57. The van der Waals surface area contributed by atoms with E-state index in [4.69, 9.17) is 16.0 Å². The summed E-state index contributed by atoms with van der Waals surface area (Å²) in [6.07, 6.45) is 5.61. The van der Waals surface area contributed by atoms with E-state index >= 15 is 0 Å². The molecule has 1 aromatic carbocycles. The van der Waals surface area contributed by atoms with E-state index in [1.165, 1.54) is 11.1 Å². The molecule has 0 radical (unpaired) electrons. The van der Waals surface area contributed by atoms with Gasteiger partial charge in [0.25, 0.3) is 0 Å². The Morgan fingerprint density at radius 2 is 2.11 bits per heavy atom. The Kier molecular flexibility index (Phi) is 5.49. The Morgan fingerprint density at radius 1 is 1.26 bits per heavy atom. The fraction of sp³-hybridized carbons (Fsp3) is 0.375. The average molecular weight is 278 g/mol. The molecule has 1 aromatic heterocycles. The van der Waals surface area contributed by atoms with E-state index in [-0.39, 0.29) is 0 Å². The van der Waals surface area contributed by atoms with E-state index < -0.39 is 0 Å². The van der Waals surface area contributed by atoms with Gasteiger partial charge in [-0.05, 0) is 42.6 Å². The number of furan rings is 1. The summed E-state index contributed by atoms with van der Waals surface area (Å²) in [5, 5.41) is 4.33. The predicted molar refractivity (Wildman–Crippen MR) is 79.8 cm³/mol. The van der Waals surface area contributed by atoms with E-state index in [2.05, 4.69) is 18.3 Å². The molecule has 19 heavy (non-hydrogen) atoms. The lowest BCUT2D eigenvalue weighted by atomic mass is 9.93. The Labute approximate surface area is 119 Å².